The van der Waals surface area contributed by atoms with Gasteiger partial charge in [-0.15, -0.1) is 0 Å². The molecule has 0 aliphatic rings. The maximum Gasteiger partial charge on any atom is 1.00 e. The third kappa shape index (κ3) is 11.8. The Kier molecular flexibility index (Phi) is 15.0. The van der Waals surface area contributed by atoms with E-state index in [9.17, 15) is 9.90 Å². The van der Waals surface area contributed by atoms with Gasteiger partial charge in [-0.3, -0.25) is 0 Å². The van der Waals surface area contributed by atoms with Crippen LogP contribution >= 0.6 is 0 Å². The van der Waals surface area contributed by atoms with E-state index in [4.69, 9.17) is 0 Å². The van der Waals surface area contributed by atoms with E-state index >= 15 is 0 Å². The summed E-state index contributed by atoms with van der Waals surface area (Å²) in [5.74, 6) is -1.01. The molecule has 0 spiro atoms. The first-order valence-electron chi connectivity index (χ1n) is 8.72. The summed E-state index contributed by atoms with van der Waals surface area (Å²) in [6.07, 6.45) is 10.5. The van der Waals surface area contributed by atoms with Crippen molar-refractivity contribution in [3.8, 4) is 0 Å². The summed E-state index contributed by atoms with van der Waals surface area (Å²) >= 11 is 0. The van der Waals surface area contributed by atoms with Gasteiger partial charge < -0.3 is 15.2 Å². The molecule has 0 saturated heterocycles. The average Bonchev–Trinajstić information content (AvgIpc) is 2.53. The van der Waals surface area contributed by atoms with E-state index in [0.717, 1.165) is 18.5 Å². The van der Waals surface area contributed by atoms with Gasteiger partial charge in [0.25, 0.3) is 0 Å². The van der Waals surface area contributed by atoms with Crippen LogP contribution in [-0.4, -0.2) is 18.6 Å². The minimum atomic E-state index is -1.01. The molecule has 0 fully saturated rings. The summed E-state index contributed by atoms with van der Waals surface area (Å²) in [4.78, 5) is 11.2. The number of unbranched alkanes of at least 4 members (excludes halogenated alkanes) is 7. The van der Waals surface area contributed by atoms with Crippen LogP contribution in [-0.2, 0) is 11.2 Å². The first-order chi connectivity index (χ1) is 10.7. The molecule has 4 heteroatoms. The Morgan fingerprint density at radius 3 is 2.13 bits per heavy atom. The predicted octanol–water partition coefficient (Wildman–Crippen LogP) is 0.0819. The number of hydrogen-bond donors (Lipinski definition) is 1. The van der Waals surface area contributed by atoms with E-state index in [-0.39, 0.29) is 29.6 Å². The molecular formula is C19H30NNaO2. The number of carbonyl (C=O) groups is 1. The Balaban J connectivity index is 0.00000484. The maximum atomic E-state index is 11.2. The smallest absolute Gasteiger partial charge is 0.548 e. The molecule has 0 aliphatic heterocycles. The van der Waals surface area contributed by atoms with Gasteiger partial charge in [0.05, 0.1) is 12.0 Å². The summed E-state index contributed by atoms with van der Waals surface area (Å²) in [7, 11) is 0. The molecule has 1 N–H and O–H groups in total. The van der Waals surface area contributed by atoms with Gasteiger partial charge in [-0.1, -0.05) is 82.2 Å². The van der Waals surface area contributed by atoms with Crippen LogP contribution in [0.1, 0.15) is 63.9 Å². The van der Waals surface area contributed by atoms with Crippen LogP contribution < -0.4 is 40.0 Å². The van der Waals surface area contributed by atoms with Crippen LogP contribution in [0.3, 0.4) is 0 Å². The molecule has 23 heavy (non-hydrogen) atoms. The van der Waals surface area contributed by atoms with E-state index in [1.54, 1.807) is 0 Å². The number of rotatable bonds is 13. The molecule has 0 saturated carbocycles. The van der Waals surface area contributed by atoms with Crippen molar-refractivity contribution in [2.24, 2.45) is 0 Å². The Labute approximate surface area is 163 Å². The summed E-state index contributed by atoms with van der Waals surface area (Å²) < 4.78 is 0. The molecule has 0 radical (unpaired) electrons. The third-order valence-corrected chi connectivity index (χ3v) is 3.99. The van der Waals surface area contributed by atoms with Crippen LogP contribution in [0, 0.1) is 0 Å². The molecule has 0 heterocycles. The number of hydrogen-bond acceptors (Lipinski definition) is 3. The Bertz CT molecular complexity index is 398. The second kappa shape index (κ2) is 15.2. The van der Waals surface area contributed by atoms with Crippen LogP contribution in [0.2, 0.25) is 0 Å². The molecule has 0 aliphatic carbocycles. The van der Waals surface area contributed by atoms with Gasteiger partial charge in [0.1, 0.15) is 0 Å². The van der Waals surface area contributed by atoms with Crippen molar-refractivity contribution in [1.82, 2.24) is 5.32 Å². The fraction of sp³-hybridized carbons (Fsp3) is 0.632. The van der Waals surface area contributed by atoms with Gasteiger partial charge >= 0.3 is 29.6 Å². The minimum Gasteiger partial charge on any atom is -0.548 e. The van der Waals surface area contributed by atoms with Crippen molar-refractivity contribution in [1.29, 1.82) is 0 Å². The minimum absolute atomic E-state index is 0. The zero-order valence-corrected chi connectivity index (χ0v) is 16.9. The van der Waals surface area contributed by atoms with Gasteiger partial charge in [0.2, 0.25) is 0 Å². The van der Waals surface area contributed by atoms with E-state index in [1.165, 1.54) is 44.9 Å². The van der Waals surface area contributed by atoms with Gasteiger partial charge in [0.15, 0.2) is 0 Å². The second-order valence-corrected chi connectivity index (χ2v) is 5.99. The van der Waals surface area contributed by atoms with Crippen LogP contribution in [0.25, 0.3) is 0 Å². The summed E-state index contributed by atoms with van der Waals surface area (Å²) in [6.45, 7) is 2.98. The van der Waals surface area contributed by atoms with Crippen molar-refractivity contribution in [3.05, 3.63) is 35.9 Å². The number of carbonyl (C=O) groups excluding carboxylic acids is 1. The standard InChI is InChI=1S/C19H31NO2.Na/c1-2-3-4-5-6-7-8-12-15-20-18(19(21)22)16-17-13-10-9-11-14-17;/h9-11,13-14,18,20H,2-8,12,15-16H2,1H3,(H,21,22);/q;+1/p-1/t18-;/m0./s1. The molecule has 0 aromatic heterocycles. The monoisotopic (exact) mass is 327 g/mol. The van der Waals surface area contributed by atoms with Crippen molar-refractivity contribution in [2.75, 3.05) is 6.54 Å². The normalized spacial score (nSPS) is 11.7. The van der Waals surface area contributed by atoms with Gasteiger partial charge in [0, 0.05) is 0 Å². The van der Waals surface area contributed by atoms with Crippen LogP contribution in [0.15, 0.2) is 30.3 Å². The van der Waals surface area contributed by atoms with Gasteiger partial charge in [-0.25, -0.2) is 0 Å². The fourth-order valence-corrected chi connectivity index (χ4v) is 2.62. The van der Waals surface area contributed by atoms with Crippen LogP contribution in [0.5, 0.6) is 0 Å². The van der Waals surface area contributed by atoms with Crippen molar-refractivity contribution < 1.29 is 39.5 Å². The van der Waals surface area contributed by atoms with Gasteiger partial charge in [-0.05, 0) is 24.9 Å². The molecule has 124 valence electrons. The van der Waals surface area contributed by atoms with E-state index < -0.39 is 12.0 Å². The SMILES string of the molecule is CCCCCCCCCCN[C@@H](Cc1ccccc1)C(=O)[O-].[Na+]. The van der Waals surface area contributed by atoms with Crippen molar-refractivity contribution >= 4 is 5.97 Å². The molecular weight excluding hydrogens is 297 g/mol. The Morgan fingerprint density at radius 1 is 1.00 bits per heavy atom. The molecule has 3 nitrogen and oxygen atoms in total. The second-order valence-electron chi connectivity index (χ2n) is 5.99. The first kappa shape index (κ1) is 22.6. The summed E-state index contributed by atoms with van der Waals surface area (Å²) in [5, 5.41) is 14.3. The summed E-state index contributed by atoms with van der Waals surface area (Å²) in [6, 6.07) is 9.11. The molecule has 0 bridgehead atoms. The van der Waals surface area contributed by atoms with E-state index in [2.05, 4.69) is 12.2 Å². The summed E-state index contributed by atoms with van der Waals surface area (Å²) in [5.41, 5.74) is 1.03. The van der Waals surface area contributed by atoms with Crippen molar-refractivity contribution in [3.63, 3.8) is 0 Å². The Morgan fingerprint density at radius 2 is 1.57 bits per heavy atom. The maximum absolute atomic E-state index is 11.2. The number of nitrogens with one attached hydrogen (secondary N) is 1. The van der Waals surface area contributed by atoms with Gasteiger partial charge in [-0.2, -0.15) is 0 Å². The number of aliphatic carboxylic acids is 1. The molecule has 0 unspecified atom stereocenters. The molecule has 1 atom stereocenters. The first-order valence-corrected chi connectivity index (χ1v) is 8.72. The number of benzene rings is 1. The van der Waals surface area contributed by atoms with Crippen molar-refractivity contribution in [2.45, 2.75) is 70.8 Å². The molecule has 1 aromatic rings. The quantitative estimate of drug-likeness (QED) is 0.412. The predicted molar refractivity (Wildman–Crippen MR) is 89.6 cm³/mol. The topological polar surface area (TPSA) is 52.2 Å². The number of carboxylic acids is 1. The van der Waals surface area contributed by atoms with E-state index in [0.29, 0.717) is 6.42 Å². The molecule has 1 aromatic carbocycles. The van der Waals surface area contributed by atoms with Crippen LogP contribution in [0.4, 0.5) is 0 Å². The Hall–Kier alpha value is -0.350. The molecule has 1 rings (SSSR count). The largest absolute Gasteiger partial charge is 1.00 e. The third-order valence-electron chi connectivity index (χ3n) is 3.99. The zero-order valence-electron chi connectivity index (χ0n) is 14.9. The number of carboxylic acid groups (broad SMARTS) is 1. The zero-order chi connectivity index (χ0) is 16.0. The van der Waals surface area contributed by atoms with E-state index in [1.807, 2.05) is 30.3 Å². The average molecular weight is 327 g/mol. The fourth-order valence-electron chi connectivity index (χ4n) is 2.62. The molecule has 0 amide bonds.